The smallest absolute Gasteiger partial charge is 0.268 e. The molecule has 1 atom stereocenters. The zero-order chi connectivity index (χ0) is 13.1. The SMILES string of the molecule is COc1ccc(C(O)C(=[N+]=[N-])[Si](C)(C)C)cc1. The van der Waals surface area contributed by atoms with Gasteiger partial charge in [0.2, 0.25) is 0 Å². The minimum Gasteiger partial charge on any atom is -0.497 e. The average molecular weight is 250 g/mol. The lowest BCUT2D eigenvalue weighted by atomic mass is 10.1. The van der Waals surface area contributed by atoms with E-state index in [0.717, 1.165) is 5.75 Å². The molecule has 1 aromatic carbocycles. The molecule has 0 amide bonds. The third-order valence-corrected chi connectivity index (χ3v) is 4.48. The van der Waals surface area contributed by atoms with Crippen LogP contribution in [0.4, 0.5) is 0 Å². The van der Waals surface area contributed by atoms with Crippen molar-refractivity contribution in [1.29, 1.82) is 0 Å². The molecule has 4 nitrogen and oxygen atoms in total. The van der Waals surface area contributed by atoms with Gasteiger partial charge in [-0.25, -0.2) is 0 Å². The van der Waals surface area contributed by atoms with Crippen molar-refractivity contribution in [3.05, 3.63) is 35.4 Å². The van der Waals surface area contributed by atoms with Gasteiger partial charge in [0.05, 0.1) is 7.11 Å². The lowest BCUT2D eigenvalue weighted by Crippen LogP contribution is -2.38. The van der Waals surface area contributed by atoms with Crippen molar-refractivity contribution >= 4 is 13.4 Å². The maximum absolute atomic E-state index is 10.2. The van der Waals surface area contributed by atoms with Crippen LogP contribution in [-0.2, 0) is 0 Å². The van der Waals surface area contributed by atoms with E-state index in [4.69, 9.17) is 10.3 Å². The fourth-order valence-corrected chi connectivity index (χ4v) is 2.85. The number of methoxy groups -OCH3 is 1. The molecule has 0 saturated heterocycles. The van der Waals surface area contributed by atoms with E-state index in [1.165, 1.54) is 0 Å². The minimum absolute atomic E-state index is 0.475. The Kier molecular flexibility index (Phi) is 4.23. The third-order valence-electron chi connectivity index (χ3n) is 2.57. The summed E-state index contributed by atoms with van der Waals surface area (Å²) in [4.78, 5) is 3.28. The summed E-state index contributed by atoms with van der Waals surface area (Å²) in [6, 6.07) is 7.10. The highest BCUT2D eigenvalue weighted by Gasteiger charge is 2.36. The molecule has 0 spiro atoms. The van der Waals surface area contributed by atoms with E-state index in [2.05, 4.69) is 4.79 Å². The second-order valence-electron chi connectivity index (χ2n) is 4.91. The van der Waals surface area contributed by atoms with Gasteiger partial charge in [-0.3, -0.25) is 0 Å². The van der Waals surface area contributed by atoms with E-state index in [1.807, 2.05) is 19.6 Å². The number of aliphatic hydroxyl groups excluding tert-OH is 1. The molecule has 0 saturated carbocycles. The molecule has 0 radical (unpaired) electrons. The van der Waals surface area contributed by atoms with Gasteiger partial charge in [0.15, 0.2) is 14.2 Å². The van der Waals surface area contributed by atoms with Gasteiger partial charge in [-0.15, -0.1) is 0 Å². The Hall–Kier alpha value is -1.42. The van der Waals surface area contributed by atoms with Gasteiger partial charge >= 0.3 is 0 Å². The Morgan fingerprint density at radius 1 is 1.29 bits per heavy atom. The van der Waals surface area contributed by atoms with Crippen molar-refractivity contribution in [2.45, 2.75) is 25.7 Å². The Morgan fingerprint density at radius 3 is 2.18 bits per heavy atom. The van der Waals surface area contributed by atoms with Crippen LogP contribution < -0.4 is 4.74 Å². The molecule has 0 aliphatic carbocycles. The predicted molar refractivity (Wildman–Crippen MR) is 69.9 cm³/mol. The molecule has 92 valence electrons. The molecule has 1 unspecified atom stereocenters. The van der Waals surface area contributed by atoms with Crippen LogP contribution in [0.1, 0.15) is 11.7 Å². The van der Waals surface area contributed by atoms with Crippen molar-refractivity contribution in [3.8, 4) is 5.75 Å². The van der Waals surface area contributed by atoms with Crippen LogP contribution in [0.15, 0.2) is 24.3 Å². The van der Waals surface area contributed by atoms with Crippen LogP contribution in [0.2, 0.25) is 19.6 Å². The molecule has 1 N–H and O–H groups in total. The van der Waals surface area contributed by atoms with Gasteiger partial charge in [-0.05, 0) is 17.7 Å². The van der Waals surface area contributed by atoms with Crippen LogP contribution in [0.3, 0.4) is 0 Å². The van der Waals surface area contributed by atoms with Crippen molar-refractivity contribution in [1.82, 2.24) is 0 Å². The quantitative estimate of drug-likeness (QED) is 0.385. The lowest BCUT2D eigenvalue weighted by molar-refractivity contribution is -0.0163. The molecular formula is C12H18N2O2Si. The molecule has 0 aliphatic heterocycles. The molecule has 1 rings (SSSR count). The summed E-state index contributed by atoms with van der Waals surface area (Å²) in [7, 11) is -0.244. The number of rotatable bonds is 4. The van der Waals surface area contributed by atoms with E-state index in [-0.39, 0.29) is 0 Å². The summed E-state index contributed by atoms with van der Waals surface area (Å²) in [5.74, 6) is 0.733. The monoisotopic (exact) mass is 250 g/mol. The number of hydrogen-bond acceptors (Lipinski definition) is 2. The fourth-order valence-electron chi connectivity index (χ4n) is 1.56. The van der Waals surface area contributed by atoms with Gasteiger partial charge in [-0.1, -0.05) is 31.8 Å². The maximum atomic E-state index is 10.2. The van der Waals surface area contributed by atoms with Crippen LogP contribution in [-0.4, -0.2) is 30.4 Å². The second-order valence-corrected chi connectivity index (χ2v) is 9.92. The Morgan fingerprint density at radius 2 is 1.82 bits per heavy atom. The van der Waals surface area contributed by atoms with Crippen LogP contribution in [0.5, 0.6) is 5.75 Å². The standard InChI is InChI=1S/C12H18N2O2Si/c1-16-10-7-5-9(6-8-10)11(15)12(14-13)17(2,3)4/h5-8,11,15H,1-4H3. The first-order chi connectivity index (χ1) is 7.90. The molecule has 0 aromatic heterocycles. The van der Waals surface area contributed by atoms with Gasteiger partial charge in [-0.2, -0.15) is 4.79 Å². The third kappa shape index (κ3) is 3.26. The van der Waals surface area contributed by atoms with Gasteiger partial charge in [0, 0.05) is 0 Å². The maximum Gasteiger partial charge on any atom is 0.268 e. The number of benzene rings is 1. The van der Waals surface area contributed by atoms with E-state index in [1.54, 1.807) is 31.4 Å². The largest absolute Gasteiger partial charge is 0.497 e. The first-order valence-electron chi connectivity index (χ1n) is 5.44. The van der Waals surface area contributed by atoms with Crippen LogP contribution >= 0.6 is 0 Å². The van der Waals surface area contributed by atoms with Crippen LogP contribution in [0, 0.1) is 0 Å². The van der Waals surface area contributed by atoms with Crippen molar-refractivity contribution < 1.29 is 14.6 Å². The first-order valence-corrected chi connectivity index (χ1v) is 8.94. The zero-order valence-corrected chi connectivity index (χ0v) is 11.6. The second kappa shape index (κ2) is 5.27. The first kappa shape index (κ1) is 13.6. The molecule has 1 aromatic rings. The van der Waals surface area contributed by atoms with E-state index in [9.17, 15) is 5.11 Å². The normalized spacial score (nSPS) is 12.8. The van der Waals surface area contributed by atoms with E-state index in [0.29, 0.717) is 10.9 Å². The summed E-state index contributed by atoms with van der Waals surface area (Å²) in [5, 5.41) is 10.7. The topological polar surface area (TPSA) is 65.9 Å². The number of nitrogens with zero attached hydrogens (tertiary/aromatic N) is 2. The highest BCUT2D eigenvalue weighted by Crippen LogP contribution is 2.21. The highest BCUT2D eigenvalue weighted by molar-refractivity contribution is 7.04. The van der Waals surface area contributed by atoms with Gasteiger partial charge in [0.25, 0.3) is 5.33 Å². The average Bonchev–Trinajstić information content (AvgIpc) is 2.28. The molecule has 17 heavy (non-hydrogen) atoms. The zero-order valence-electron chi connectivity index (χ0n) is 10.6. The molecule has 0 bridgehead atoms. The highest BCUT2D eigenvalue weighted by atomic mass is 28.3. The predicted octanol–water partition coefficient (Wildman–Crippen LogP) is 2.28. The number of ether oxygens (including phenoxy) is 1. The Bertz CT molecular complexity index is 431. The Labute approximate surface area is 102 Å². The van der Waals surface area contributed by atoms with Crippen molar-refractivity contribution in [2.24, 2.45) is 0 Å². The van der Waals surface area contributed by atoms with Gasteiger partial charge in [0.1, 0.15) is 5.75 Å². The summed E-state index contributed by atoms with van der Waals surface area (Å²) < 4.78 is 5.05. The van der Waals surface area contributed by atoms with Crippen molar-refractivity contribution in [2.75, 3.05) is 7.11 Å². The molecule has 0 fully saturated rings. The van der Waals surface area contributed by atoms with Crippen LogP contribution in [0.25, 0.3) is 5.53 Å². The van der Waals surface area contributed by atoms with E-state index >= 15 is 0 Å². The lowest BCUT2D eigenvalue weighted by Gasteiger charge is -2.15. The summed E-state index contributed by atoms with van der Waals surface area (Å²) in [6.45, 7) is 6.07. The molecule has 0 aliphatic rings. The summed E-state index contributed by atoms with van der Waals surface area (Å²) in [5.41, 5.74) is 9.74. The molecule has 5 heteroatoms. The summed E-state index contributed by atoms with van der Waals surface area (Å²) >= 11 is 0. The number of aliphatic hydroxyl groups is 1. The van der Waals surface area contributed by atoms with Gasteiger partial charge < -0.3 is 15.4 Å². The number of hydrogen-bond donors (Lipinski definition) is 1. The molecule has 0 heterocycles. The fraction of sp³-hybridized carbons (Fsp3) is 0.417. The minimum atomic E-state index is -1.84. The molecular weight excluding hydrogens is 232 g/mol. The van der Waals surface area contributed by atoms with Crippen molar-refractivity contribution in [3.63, 3.8) is 0 Å². The van der Waals surface area contributed by atoms with E-state index < -0.39 is 14.2 Å². The Balaban J connectivity index is 3.03. The summed E-state index contributed by atoms with van der Waals surface area (Å²) in [6.07, 6.45) is -0.849.